The maximum absolute atomic E-state index is 11.6. The summed E-state index contributed by atoms with van der Waals surface area (Å²) in [5.74, 6) is -0.145. The Morgan fingerprint density at radius 2 is 2.40 bits per heavy atom. The fourth-order valence-electron chi connectivity index (χ4n) is 1.26. The summed E-state index contributed by atoms with van der Waals surface area (Å²) < 4.78 is 0. The molecule has 0 unspecified atom stereocenters. The summed E-state index contributed by atoms with van der Waals surface area (Å²) in [6.45, 7) is 3.92. The molecule has 0 fully saturated rings. The molecular formula is C11H17N3O. The number of nitrogens with one attached hydrogen (secondary N) is 1. The normalized spacial score (nSPS) is 12.2. The number of rotatable bonds is 4. The van der Waals surface area contributed by atoms with Crippen molar-refractivity contribution >= 4 is 11.6 Å². The molecule has 0 aromatic carbocycles. The van der Waals surface area contributed by atoms with Crippen molar-refractivity contribution in [3.05, 3.63) is 24.0 Å². The van der Waals surface area contributed by atoms with Gasteiger partial charge in [0.15, 0.2) is 0 Å². The maximum Gasteiger partial charge on any atom is 0.241 e. The highest BCUT2D eigenvalue weighted by Crippen LogP contribution is 2.11. The van der Waals surface area contributed by atoms with Crippen molar-refractivity contribution in [2.75, 3.05) is 5.32 Å². The third kappa shape index (κ3) is 3.32. The van der Waals surface area contributed by atoms with Crippen LogP contribution in [0.15, 0.2) is 18.5 Å². The number of hydrogen-bond donors (Lipinski definition) is 2. The van der Waals surface area contributed by atoms with Crippen molar-refractivity contribution < 1.29 is 4.79 Å². The molecule has 1 aromatic heterocycles. The molecule has 0 saturated carbocycles. The standard InChI is InChI=1S/C11H17N3O/c1-3-4-9(12)11(15)14-10-7-13-6-5-8(10)2/h5-7,9H,3-4,12H2,1-2H3,(H,14,15)/t9-/m1/s1. The van der Waals surface area contributed by atoms with Gasteiger partial charge < -0.3 is 11.1 Å². The summed E-state index contributed by atoms with van der Waals surface area (Å²) in [5, 5.41) is 2.77. The Balaban J connectivity index is 2.62. The molecular weight excluding hydrogens is 190 g/mol. The van der Waals surface area contributed by atoms with Crippen LogP contribution in [0.1, 0.15) is 25.3 Å². The zero-order chi connectivity index (χ0) is 11.3. The van der Waals surface area contributed by atoms with E-state index in [1.54, 1.807) is 12.4 Å². The van der Waals surface area contributed by atoms with Crippen LogP contribution in [-0.4, -0.2) is 16.9 Å². The number of pyridine rings is 1. The van der Waals surface area contributed by atoms with Crippen LogP contribution in [0.5, 0.6) is 0 Å². The zero-order valence-corrected chi connectivity index (χ0v) is 9.16. The maximum atomic E-state index is 11.6. The van der Waals surface area contributed by atoms with E-state index in [2.05, 4.69) is 10.3 Å². The van der Waals surface area contributed by atoms with Crippen LogP contribution in [-0.2, 0) is 4.79 Å². The minimum atomic E-state index is -0.436. The van der Waals surface area contributed by atoms with E-state index < -0.39 is 6.04 Å². The van der Waals surface area contributed by atoms with Gasteiger partial charge in [-0.05, 0) is 25.0 Å². The lowest BCUT2D eigenvalue weighted by Crippen LogP contribution is -2.35. The highest BCUT2D eigenvalue weighted by atomic mass is 16.2. The van der Waals surface area contributed by atoms with Gasteiger partial charge in [-0.25, -0.2) is 0 Å². The Bertz CT molecular complexity index is 338. The molecule has 1 rings (SSSR count). The van der Waals surface area contributed by atoms with Crippen molar-refractivity contribution in [2.45, 2.75) is 32.7 Å². The van der Waals surface area contributed by atoms with Gasteiger partial charge >= 0.3 is 0 Å². The smallest absolute Gasteiger partial charge is 0.241 e. The number of nitrogens with two attached hydrogens (primary N) is 1. The molecule has 15 heavy (non-hydrogen) atoms. The predicted molar refractivity (Wildman–Crippen MR) is 60.5 cm³/mol. The van der Waals surface area contributed by atoms with E-state index in [0.717, 1.165) is 17.7 Å². The molecule has 0 saturated heterocycles. The number of carbonyl (C=O) groups excluding carboxylic acids is 1. The van der Waals surface area contributed by atoms with E-state index in [1.165, 1.54) is 0 Å². The minimum Gasteiger partial charge on any atom is -0.323 e. The Kier molecular flexibility index (Phi) is 4.24. The second-order valence-corrected chi connectivity index (χ2v) is 3.58. The van der Waals surface area contributed by atoms with Gasteiger partial charge in [-0.1, -0.05) is 13.3 Å². The van der Waals surface area contributed by atoms with Gasteiger partial charge in [-0.15, -0.1) is 0 Å². The summed E-state index contributed by atoms with van der Waals surface area (Å²) in [7, 11) is 0. The van der Waals surface area contributed by atoms with Crippen LogP contribution in [0.2, 0.25) is 0 Å². The Hall–Kier alpha value is -1.42. The Morgan fingerprint density at radius 1 is 1.67 bits per heavy atom. The predicted octanol–water partition coefficient (Wildman–Crippen LogP) is 1.46. The molecule has 1 amide bonds. The summed E-state index contributed by atoms with van der Waals surface area (Å²) in [4.78, 5) is 15.5. The third-order valence-electron chi connectivity index (χ3n) is 2.23. The SMILES string of the molecule is CCC[C@@H](N)C(=O)Nc1cnccc1C. The monoisotopic (exact) mass is 207 g/mol. The number of anilines is 1. The van der Waals surface area contributed by atoms with Gasteiger partial charge in [0.2, 0.25) is 5.91 Å². The highest BCUT2D eigenvalue weighted by Gasteiger charge is 2.12. The van der Waals surface area contributed by atoms with Crippen molar-refractivity contribution in [3.8, 4) is 0 Å². The molecule has 4 heteroatoms. The largest absolute Gasteiger partial charge is 0.323 e. The minimum absolute atomic E-state index is 0.145. The highest BCUT2D eigenvalue weighted by molar-refractivity contribution is 5.95. The third-order valence-corrected chi connectivity index (χ3v) is 2.23. The molecule has 1 aromatic rings. The quantitative estimate of drug-likeness (QED) is 0.785. The first-order valence-electron chi connectivity index (χ1n) is 5.12. The van der Waals surface area contributed by atoms with Crippen LogP contribution in [0.4, 0.5) is 5.69 Å². The Labute approximate surface area is 89.9 Å². The van der Waals surface area contributed by atoms with Crippen molar-refractivity contribution in [2.24, 2.45) is 5.73 Å². The number of amides is 1. The lowest BCUT2D eigenvalue weighted by molar-refractivity contribution is -0.117. The van der Waals surface area contributed by atoms with Crippen LogP contribution in [0, 0.1) is 6.92 Å². The second kappa shape index (κ2) is 5.46. The topological polar surface area (TPSA) is 68.0 Å². The number of aryl methyl sites for hydroxylation is 1. The van der Waals surface area contributed by atoms with E-state index in [-0.39, 0.29) is 5.91 Å². The van der Waals surface area contributed by atoms with Crippen molar-refractivity contribution in [1.82, 2.24) is 4.98 Å². The van der Waals surface area contributed by atoms with Gasteiger partial charge in [-0.3, -0.25) is 9.78 Å². The molecule has 1 heterocycles. The van der Waals surface area contributed by atoms with E-state index in [0.29, 0.717) is 6.42 Å². The molecule has 3 N–H and O–H groups in total. The number of hydrogen-bond acceptors (Lipinski definition) is 3. The lowest BCUT2D eigenvalue weighted by atomic mass is 10.1. The van der Waals surface area contributed by atoms with Crippen LogP contribution in [0.3, 0.4) is 0 Å². The molecule has 4 nitrogen and oxygen atoms in total. The zero-order valence-electron chi connectivity index (χ0n) is 9.16. The van der Waals surface area contributed by atoms with Gasteiger partial charge in [0.05, 0.1) is 17.9 Å². The molecule has 1 atom stereocenters. The number of carbonyl (C=O) groups is 1. The number of nitrogens with zero attached hydrogens (tertiary/aromatic N) is 1. The summed E-state index contributed by atoms with van der Waals surface area (Å²) >= 11 is 0. The molecule has 0 aliphatic rings. The van der Waals surface area contributed by atoms with Crippen molar-refractivity contribution in [1.29, 1.82) is 0 Å². The Morgan fingerprint density at radius 3 is 3.00 bits per heavy atom. The average molecular weight is 207 g/mol. The molecule has 82 valence electrons. The summed E-state index contributed by atoms with van der Waals surface area (Å²) in [5.41, 5.74) is 7.41. The molecule has 0 spiro atoms. The van der Waals surface area contributed by atoms with E-state index in [9.17, 15) is 4.79 Å². The fourth-order valence-corrected chi connectivity index (χ4v) is 1.26. The first-order chi connectivity index (χ1) is 7.15. The lowest BCUT2D eigenvalue weighted by Gasteiger charge is -2.12. The van der Waals surface area contributed by atoms with Crippen LogP contribution < -0.4 is 11.1 Å². The summed E-state index contributed by atoms with van der Waals surface area (Å²) in [6, 6.07) is 1.41. The van der Waals surface area contributed by atoms with Gasteiger partial charge in [-0.2, -0.15) is 0 Å². The first kappa shape index (κ1) is 11.7. The van der Waals surface area contributed by atoms with Crippen molar-refractivity contribution in [3.63, 3.8) is 0 Å². The number of aromatic nitrogens is 1. The molecule has 0 radical (unpaired) electrons. The average Bonchev–Trinajstić information content (AvgIpc) is 2.21. The van der Waals surface area contributed by atoms with Crippen LogP contribution >= 0.6 is 0 Å². The fraction of sp³-hybridized carbons (Fsp3) is 0.455. The summed E-state index contributed by atoms with van der Waals surface area (Å²) in [6.07, 6.45) is 4.93. The van der Waals surface area contributed by atoms with E-state index in [1.807, 2.05) is 19.9 Å². The molecule has 0 aliphatic carbocycles. The van der Waals surface area contributed by atoms with Crippen LogP contribution in [0.25, 0.3) is 0 Å². The van der Waals surface area contributed by atoms with E-state index in [4.69, 9.17) is 5.73 Å². The first-order valence-corrected chi connectivity index (χ1v) is 5.12. The second-order valence-electron chi connectivity index (χ2n) is 3.58. The molecule has 0 aliphatic heterocycles. The van der Waals surface area contributed by atoms with Gasteiger partial charge in [0.25, 0.3) is 0 Å². The van der Waals surface area contributed by atoms with Gasteiger partial charge in [0.1, 0.15) is 0 Å². The van der Waals surface area contributed by atoms with E-state index >= 15 is 0 Å². The van der Waals surface area contributed by atoms with Gasteiger partial charge in [0, 0.05) is 6.20 Å². The molecule has 0 bridgehead atoms.